The average Bonchev–Trinajstić information content (AvgIpc) is 2.33. The van der Waals surface area contributed by atoms with Crippen LogP contribution >= 0.6 is 11.1 Å². The van der Waals surface area contributed by atoms with Crippen LogP contribution in [0.3, 0.4) is 0 Å². The Bertz CT molecular complexity index is 410. The van der Waals surface area contributed by atoms with Crippen LogP contribution in [0, 0.1) is 0 Å². The van der Waals surface area contributed by atoms with E-state index in [0.717, 1.165) is 18.0 Å². The average molecular weight is 283 g/mol. The molecule has 0 spiro atoms. The van der Waals surface area contributed by atoms with Gasteiger partial charge in [-0.2, -0.15) is 11.1 Å². The highest BCUT2D eigenvalue weighted by atomic mass is 35.6. The molecule has 1 aromatic carbocycles. The molecule has 0 bridgehead atoms. The van der Waals surface area contributed by atoms with Crippen LogP contribution in [0.2, 0.25) is 19.1 Å². The number of hydrogen-bond acceptors (Lipinski definition) is 2. The summed E-state index contributed by atoms with van der Waals surface area (Å²) >= 11 is 6.19. The Kier molecular flexibility index (Phi) is 5.63. The molecular weight excluding hydrogens is 264 g/mol. The molecule has 0 aromatic heterocycles. The molecular formula is C14H19ClO2Si. The van der Waals surface area contributed by atoms with Gasteiger partial charge in [0.2, 0.25) is 0 Å². The van der Waals surface area contributed by atoms with E-state index in [1.54, 1.807) is 0 Å². The quantitative estimate of drug-likeness (QED) is 0.258. The second-order valence-electron chi connectivity index (χ2n) is 4.80. The topological polar surface area (TPSA) is 26.3 Å². The van der Waals surface area contributed by atoms with Crippen LogP contribution in [0.4, 0.5) is 0 Å². The summed E-state index contributed by atoms with van der Waals surface area (Å²) in [7, 11) is -1.56. The number of halogens is 1. The fourth-order valence-corrected chi connectivity index (χ4v) is 2.89. The van der Waals surface area contributed by atoms with Gasteiger partial charge >= 0.3 is 5.97 Å². The molecule has 0 N–H and O–H groups in total. The molecule has 0 aliphatic heterocycles. The Morgan fingerprint density at radius 1 is 1.33 bits per heavy atom. The molecule has 1 rings (SSSR count). The standard InChI is InChI=1S/C14H19ClO2Si/c1-12(13-8-5-4-6-9-13)14(16)17-10-7-11-18(2,3)15/h4-6,8-9H,1,7,10-11H2,2-3H3. The summed E-state index contributed by atoms with van der Waals surface area (Å²) in [5, 5.41) is 0. The molecule has 0 aliphatic rings. The normalized spacial score (nSPS) is 11.1. The van der Waals surface area contributed by atoms with E-state index in [0.29, 0.717) is 12.2 Å². The van der Waals surface area contributed by atoms with Gasteiger partial charge in [-0.05, 0) is 18.0 Å². The van der Waals surface area contributed by atoms with Crippen LogP contribution in [0.5, 0.6) is 0 Å². The summed E-state index contributed by atoms with van der Waals surface area (Å²) in [4.78, 5) is 11.7. The minimum atomic E-state index is -1.56. The summed E-state index contributed by atoms with van der Waals surface area (Å²) in [6.07, 6.45) is 0.816. The van der Waals surface area contributed by atoms with E-state index in [4.69, 9.17) is 15.8 Å². The Labute approximate surface area is 114 Å². The van der Waals surface area contributed by atoms with E-state index in [2.05, 4.69) is 19.7 Å². The van der Waals surface area contributed by atoms with Gasteiger partial charge in [-0.1, -0.05) is 50.0 Å². The maximum atomic E-state index is 11.7. The Balaban J connectivity index is 2.36. The van der Waals surface area contributed by atoms with Crippen LogP contribution in [0.1, 0.15) is 12.0 Å². The largest absolute Gasteiger partial charge is 0.462 e. The van der Waals surface area contributed by atoms with Crippen molar-refractivity contribution in [3.63, 3.8) is 0 Å². The van der Waals surface area contributed by atoms with E-state index < -0.39 is 7.38 Å². The highest BCUT2D eigenvalue weighted by Gasteiger charge is 2.17. The molecule has 0 amide bonds. The molecule has 0 fully saturated rings. The van der Waals surface area contributed by atoms with Crippen LogP contribution in [-0.2, 0) is 9.53 Å². The Hall–Kier alpha value is -1.06. The lowest BCUT2D eigenvalue weighted by atomic mass is 10.1. The van der Waals surface area contributed by atoms with Crippen molar-refractivity contribution >= 4 is 30.0 Å². The van der Waals surface area contributed by atoms with Crippen LogP contribution in [-0.4, -0.2) is 20.0 Å². The smallest absolute Gasteiger partial charge is 0.338 e. The number of benzene rings is 1. The van der Waals surface area contributed by atoms with Gasteiger partial charge in [-0.25, -0.2) is 4.79 Å². The highest BCUT2D eigenvalue weighted by Crippen LogP contribution is 2.17. The monoisotopic (exact) mass is 282 g/mol. The zero-order valence-corrected chi connectivity index (χ0v) is 12.7. The molecule has 2 nitrogen and oxygen atoms in total. The van der Waals surface area contributed by atoms with Crippen LogP contribution < -0.4 is 0 Å². The first-order valence-electron chi connectivity index (χ1n) is 6.00. The summed E-state index contributed by atoms with van der Waals surface area (Å²) < 4.78 is 5.18. The van der Waals surface area contributed by atoms with Gasteiger partial charge < -0.3 is 4.74 Å². The van der Waals surface area contributed by atoms with Crippen molar-refractivity contribution in [1.29, 1.82) is 0 Å². The first kappa shape index (κ1) is 15.0. The molecule has 0 heterocycles. The van der Waals surface area contributed by atoms with E-state index in [1.165, 1.54) is 0 Å². The lowest BCUT2D eigenvalue weighted by Gasteiger charge is -2.12. The van der Waals surface area contributed by atoms with Crippen molar-refractivity contribution in [3.05, 3.63) is 42.5 Å². The van der Waals surface area contributed by atoms with Crippen molar-refractivity contribution in [1.82, 2.24) is 0 Å². The fourth-order valence-electron chi connectivity index (χ4n) is 1.50. The summed E-state index contributed by atoms with van der Waals surface area (Å²) in [6, 6.07) is 10.3. The molecule has 0 radical (unpaired) electrons. The molecule has 0 atom stereocenters. The zero-order valence-electron chi connectivity index (χ0n) is 10.9. The summed E-state index contributed by atoms with van der Waals surface area (Å²) in [5.74, 6) is -0.352. The van der Waals surface area contributed by atoms with Gasteiger partial charge in [0.15, 0.2) is 7.38 Å². The molecule has 0 aliphatic carbocycles. The maximum absolute atomic E-state index is 11.7. The summed E-state index contributed by atoms with van der Waals surface area (Å²) in [6.45, 7) is 8.34. The number of ether oxygens (including phenoxy) is 1. The number of hydrogen-bond donors (Lipinski definition) is 0. The predicted molar refractivity (Wildman–Crippen MR) is 79.2 cm³/mol. The van der Waals surface area contributed by atoms with Crippen molar-refractivity contribution in [2.24, 2.45) is 0 Å². The van der Waals surface area contributed by atoms with Crippen LogP contribution in [0.25, 0.3) is 5.57 Å². The maximum Gasteiger partial charge on any atom is 0.338 e. The van der Waals surface area contributed by atoms with Gasteiger partial charge in [-0.3, -0.25) is 0 Å². The highest BCUT2D eigenvalue weighted by molar-refractivity contribution is 7.19. The lowest BCUT2D eigenvalue weighted by Crippen LogP contribution is -2.17. The number of carbonyl (C=O) groups is 1. The zero-order chi connectivity index (χ0) is 13.6. The predicted octanol–water partition coefficient (Wildman–Crippen LogP) is 4.08. The van der Waals surface area contributed by atoms with Gasteiger partial charge in [0.1, 0.15) is 0 Å². The minimum absolute atomic E-state index is 0.352. The third-order valence-electron chi connectivity index (χ3n) is 2.52. The lowest BCUT2D eigenvalue weighted by molar-refractivity contribution is -0.136. The fraction of sp³-hybridized carbons (Fsp3) is 0.357. The third-order valence-corrected chi connectivity index (χ3v) is 4.63. The van der Waals surface area contributed by atoms with E-state index in [-0.39, 0.29) is 5.97 Å². The van der Waals surface area contributed by atoms with Crippen molar-refractivity contribution in [2.45, 2.75) is 25.6 Å². The molecule has 0 saturated carbocycles. The van der Waals surface area contributed by atoms with E-state index in [9.17, 15) is 4.79 Å². The van der Waals surface area contributed by atoms with Gasteiger partial charge in [0, 0.05) is 0 Å². The van der Waals surface area contributed by atoms with Crippen molar-refractivity contribution < 1.29 is 9.53 Å². The first-order valence-corrected chi connectivity index (χ1v) is 10.2. The van der Waals surface area contributed by atoms with E-state index >= 15 is 0 Å². The number of carbonyl (C=O) groups excluding carboxylic acids is 1. The van der Waals surface area contributed by atoms with Crippen molar-refractivity contribution in [3.8, 4) is 0 Å². The second kappa shape index (κ2) is 6.76. The molecule has 0 unspecified atom stereocenters. The Morgan fingerprint density at radius 3 is 2.50 bits per heavy atom. The van der Waals surface area contributed by atoms with Gasteiger partial charge in [-0.15, -0.1) is 0 Å². The SMILES string of the molecule is C=C(C(=O)OCCC[Si](C)(C)Cl)c1ccccc1. The Morgan fingerprint density at radius 2 is 1.94 bits per heavy atom. The summed E-state index contributed by atoms with van der Waals surface area (Å²) in [5.41, 5.74) is 1.20. The first-order chi connectivity index (χ1) is 8.40. The molecule has 98 valence electrons. The molecule has 18 heavy (non-hydrogen) atoms. The molecule has 4 heteroatoms. The minimum Gasteiger partial charge on any atom is -0.462 e. The molecule has 0 saturated heterocycles. The molecule has 1 aromatic rings. The van der Waals surface area contributed by atoms with Crippen molar-refractivity contribution in [2.75, 3.05) is 6.61 Å². The van der Waals surface area contributed by atoms with Crippen LogP contribution in [0.15, 0.2) is 36.9 Å². The van der Waals surface area contributed by atoms with Gasteiger partial charge in [0.25, 0.3) is 0 Å². The third kappa shape index (κ3) is 5.51. The van der Waals surface area contributed by atoms with Gasteiger partial charge in [0.05, 0.1) is 12.2 Å². The number of rotatable bonds is 6. The number of esters is 1. The van der Waals surface area contributed by atoms with E-state index in [1.807, 2.05) is 30.3 Å². The second-order valence-corrected chi connectivity index (χ2v) is 11.8.